The summed E-state index contributed by atoms with van der Waals surface area (Å²) >= 11 is 1.95. The number of aromatic nitrogens is 1. The molecule has 0 amide bonds. The number of rotatable bonds is 2. The topological polar surface area (TPSA) is 48.1 Å². The van der Waals surface area contributed by atoms with E-state index in [2.05, 4.69) is 11.1 Å². The van der Waals surface area contributed by atoms with Crippen molar-refractivity contribution < 1.29 is 4.74 Å². The maximum absolute atomic E-state index is 6.39. The van der Waals surface area contributed by atoms with Gasteiger partial charge >= 0.3 is 0 Å². The van der Waals surface area contributed by atoms with E-state index < -0.39 is 0 Å². The van der Waals surface area contributed by atoms with E-state index in [1.54, 1.807) is 0 Å². The van der Waals surface area contributed by atoms with Crippen molar-refractivity contribution in [2.45, 2.75) is 30.9 Å². The Labute approximate surface area is 106 Å². The summed E-state index contributed by atoms with van der Waals surface area (Å²) in [6.07, 6.45) is 4.31. The third-order valence-electron chi connectivity index (χ3n) is 3.74. The highest BCUT2D eigenvalue weighted by molar-refractivity contribution is 7.99. The molecule has 3 rings (SSSR count). The maximum atomic E-state index is 6.39. The summed E-state index contributed by atoms with van der Waals surface area (Å²) < 4.78 is 5.79. The second-order valence-electron chi connectivity index (χ2n) is 4.75. The molecule has 1 saturated heterocycles. The quantitative estimate of drug-likeness (QED) is 0.865. The number of fused-ring (bicyclic) bond motifs is 1. The van der Waals surface area contributed by atoms with Crippen LogP contribution in [-0.2, 0) is 11.2 Å². The van der Waals surface area contributed by atoms with Gasteiger partial charge in [-0.1, -0.05) is 6.07 Å². The number of thioether (sulfide) groups is 1. The number of nitrogens with zero attached hydrogens (tertiary/aromatic N) is 1. The Morgan fingerprint density at radius 1 is 1.53 bits per heavy atom. The highest BCUT2D eigenvalue weighted by Gasteiger charge is 2.34. The summed E-state index contributed by atoms with van der Waals surface area (Å²) in [5.74, 6) is 2.51. The molecular weight excluding hydrogens is 232 g/mol. The molecule has 0 bridgehead atoms. The van der Waals surface area contributed by atoms with Gasteiger partial charge in [-0.3, -0.25) is 4.98 Å². The molecule has 1 aliphatic heterocycles. The molecule has 3 nitrogen and oxygen atoms in total. The molecule has 1 aromatic rings. The fraction of sp³-hybridized carbons (Fsp3) is 0.615. The van der Waals surface area contributed by atoms with Crippen LogP contribution in [0.1, 0.15) is 23.6 Å². The second kappa shape index (κ2) is 4.96. The van der Waals surface area contributed by atoms with E-state index in [0.29, 0.717) is 5.92 Å². The molecule has 17 heavy (non-hydrogen) atoms. The lowest BCUT2D eigenvalue weighted by atomic mass is 9.94. The van der Waals surface area contributed by atoms with Crippen LogP contribution in [0.15, 0.2) is 18.3 Å². The number of ether oxygens (including phenoxy) is 1. The van der Waals surface area contributed by atoms with Crippen LogP contribution < -0.4 is 5.73 Å². The number of hydrogen-bond donors (Lipinski definition) is 1. The lowest BCUT2D eigenvalue weighted by Gasteiger charge is -2.31. The normalized spacial score (nSPS) is 29.9. The molecule has 1 fully saturated rings. The van der Waals surface area contributed by atoms with Gasteiger partial charge in [0, 0.05) is 35.4 Å². The van der Waals surface area contributed by atoms with Crippen LogP contribution in [0.25, 0.3) is 0 Å². The van der Waals surface area contributed by atoms with Crippen LogP contribution in [0.3, 0.4) is 0 Å². The van der Waals surface area contributed by atoms with Crippen LogP contribution in [-0.4, -0.2) is 35.2 Å². The molecule has 0 radical (unpaired) electrons. The molecule has 2 N–H and O–H groups in total. The van der Waals surface area contributed by atoms with E-state index in [1.807, 2.05) is 24.0 Å². The molecule has 4 heteroatoms. The first-order chi connectivity index (χ1) is 8.36. The van der Waals surface area contributed by atoms with E-state index in [9.17, 15) is 0 Å². The minimum Gasteiger partial charge on any atom is -0.375 e. The van der Waals surface area contributed by atoms with Gasteiger partial charge in [-0.25, -0.2) is 0 Å². The van der Waals surface area contributed by atoms with Gasteiger partial charge in [0.15, 0.2) is 0 Å². The van der Waals surface area contributed by atoms with Gasteiger partial charge in [-0.05, 0) is 24.5 Å². The third kappa shape index (κ3) is 2.21. The summed E-state index contributed by atoms with van der Waals surface area (Å²) in [7, 11) is 0. The largest absolute Gasteiger partial charge is 0.375 e. The standard InChI is InChI=1S/C13H18N2OS/c14-12(11-8-17-7-6-16-11)10-4-3-9-2-1-5-15-13(9)10/h1-2,5,10-12H,3-4,6-8,14H2. The fourth-order valence-corrected chi connectivity index (χ4v) is 3.74. The highest BCUT2D eigenvalue weighted by atomic mass is 32.2. The summed E-state index contributed by atoms with van der Waals surface area (Å²) in [5.41, 5.74) is 8.97. The Morgan fingerprint density at radius 3 is 3.29 bits per heavy atom. The van der Waals surface area contributed by atoms with Gasteiger partial charge < -0.3 is 10.5 Å². The van der Waals surface area contributed by atoms with E-state index in [0.717, 1.165) is 31.0 Å². The number of hydrogen-bond acceptors (Lipinski definition) is 4. The predicted molar refractivity (Wildman–Crippen MR) is 70.3 cm³/mol. The Balaban J connectivity index is 1.76. The van der Waals surface area contributed by atoms with Crippen LogP contribution in [0, 0.1) is 0 Å². The van der Waals surface area contributed by atoms with Gasteiger partial charge in [0.1, 0.15) is 0 Å². The molecule has 3 atom stereocenters. The van der Waals surface area contributed by atoms with Crippen molar-refractivity contribution in [2.24, 2.45) is 5.73 Å². The first-order valence-corrected chi connectivity index (χ1v) is 7.40. The average Bonchev–Trinajstić information content (AvgIpc) is 2.83. The lowest BCUT2D eigenvalue weighted by molar-refractivity contribution is 0.0500. The zero-order valence-corrected chi connectivity index (χ0v) is 10.7. The highest BCUT2D eigenvalue weighted by Crippen LogP contribution is 2.35. The van der Waals surface area contributed by atoms with E-state index in [-0.39, 0.29) is 12.1 Å². The molecule has 1 aliphatic carbocycles. The van der Waals surface area contributed by atoms with Crippen LogP contribution in [0.2, 0.25) is 0 Å². The molecule has 2 heterocycles. The molecular formula is C13H18N2OS. The predicted octanol–water partition coefficient (Wildman–Crippen LogP) is 1.57. The van der Waals surface area contributed by atoms with E-state index in [1.165, 1.54) is 11.3 Å². The van der Waals surface area contributed by atoms with Crippen LogP contribution in [0.5, 0.6) is 0 Å². The van der Waals surface area contributed by atoms with E-state index >= 15 is 0 Å². The summed E-state index contributed by atoms with van der Waals surface area (Å²) in [6.45, 7) is 0.838. The monoisotopic (exact) mass is 250 g/mol. The minimum absolute atomic E-state index is 0.0962. The van der Waals surface area contributed by atoms with Crippen molar-refractivity contribution in [3.63, 3.8) is 0 Å². The van der Waals surface area contributed by atoms with Crippen molar-refractivity contribution in [1.82, 2.24) is 4.98 Å². The Bertz CT molecular complexity index is 393. The summed E-state index contributed by atoms with van der Waals surface area (Å²) in [6, 6.07) is 4.28. The third-order valence-corrected chi connectivity index (χ3v) is 4.76. The molecule has 0 aromatic carbocycles. The van der Waals surface area contributed by atoms with Gasteiger partial charge in [-0.15, -0.1) is 0 Å². The molecule has 92 valence electrons. The fourth-order valence-electron chi connectivity index (χ4n) is 2.81. The number of nitrogens with two attached hydrogens (primary N) is 1. The van der Waals surface area contributed by atoms with Crippen molar-refractivity contribution in [3.05, 3.63) is 29.6 Å². The minimum atomic E-state index is 0.0962. The zero-order chi connectivity index (χ0) is 11.7. The van der Waals surface area contributed by atoms with Crippen molar-refractivity contribution in [2.75, 3.05) is 18.1 Å². The SMILES string of the molecule is NC(C1CSCCO1)C1CCc2cccnc21. The van der Waals surface area contributed by atoms with Crippen LogP contribution >= 0.6 is 11.8 Å². The molecule has 2 aliphatic rings. The maximum Gasteiger partial charge on any atom is 0.0823 e. The molecule has 3 unspecified atom stereocenters. The van der Waals surface area contributed by atoms with E-state index in [4.69, 9.17) is 10.5 Å². The average molecular weight is 250 g/mol. The molecule has 0 spiro atoms. The zero-order valence-electron chi connectivity index (χ0n) is 9.84. The molecule has 0 saturated carbocycles. The van der Waals surface area contributed by atoms with Gasteiger partial charge in [0.25, 0.3) is 0 Å². The Kier molecular flexibility index (Phi) is 3.36. The molecule has 1 aromatic heterocycles. The number of pyridine rings is 1. The summed E-state index contributed by atoms with van der Waals surface area (Å²) in [5, 5.41) is 0. The van der Waals surface area contributed by atoms with Crippen molar-refractivity contribution >= 4 is 11.8 Å². The van der Waals surface area contributed by atoms with Crippen molar-refractivity contribution in [1.29, 1.82) is 0 Å². The van der Waals surface area contributed by atoms with Crippen LogP contribution in [0.4, 0.5) is 0 Å². The summed E-state index contributed by atoms with van der Waals surface area (Å²) in [4.78, 5) is 4.51. The Hall–Kier alpha value is -0.580. The van der Waals surface area contributed by atoms with Gasteiger partial charge in [0.05, 0.1) is 12.7 Å². The van der Waals surface area contributed by atoms with Crippen molar-refractivity contribution in [3.8, 4) is 0 Å². The second-order valence-corrected chi connectivity index (χ2v) is 5.90. The first kappa shape index (κ1) is 11.5. The van der Waals surface area contributed by atoms with Gasteiger partial charge in [-0.2, -0.15) is 11.8 Å². The lowest BCUT2D eigenvalue weighted by Crippen LogP contribution is -2.44. The first-order valence-electron chi connectivity index (χ1n) is 6.25. The Morgan fingerprint density at radius 2 is 2.47 bits per heavy atom. The van der Waals surface area contributed by atoms with Gasteiger partial charge in [0.2, 0.25) is 0 Å². The smallest absolute Gasteiger partial charge is 0.0823 e. The number of aryl methyl sites for hydroxylation is 1.